The van der Waals surface area contributed by atoms with Crippen LogP contribution in [0.2, 0.25) is 5.15 Å². The summed E-state index contributed by atoms with van der Waals surface area (Å²) in [5, 5.41) is 7.70. The molecule has 2 rings (SSSR count). The van der Waals surface area contributed by atoms with Gasteiger partial charge in [-0.3, -0.25) is 0 Å². The van der Waals surface area contributed by atoms with Crippen LogP contribution >= 0.6 is 11.6 Å². The summed E-state index contributed by atoms with van der Waals surface area (Å²) in [7, 11) is 1.26. The Kier molecular flexibility index (Phi) is 3.80. The molecule has 2 heterocycles. The van der Waals surface area contributed by atoms with Crippen LogP contribution in [-0.4, -0.2) is 22.3 Å². The summed E-state index contributed by atoms with van der Waals surface area (Å²) in [5.74, 6) is -0.0282. The molecular formula is C12H9ClF3N3O. The molecule has 2 aromatic rings. The molecule has 0 spiro atoms. The number of alkyl halides is 3. The lowest BCUT2D eigenvalue weighted by molar-refractivity contribution is -0.137. The number of methoxy groups -OCH3 is 1. The molecular weight excluding hydrogens is 295 g/mol. The van der Waals surface area contributed by atoms with Crippen molar-refractivity contribution in [3.05, 3.63) is 34.6 Å². The van der Waals surface area contributed by atoms with Gasteiger partial charge in [0.25, 0.3) is 0 Å². The third-order valence-corrected chi connectivity index (χ3v) is 2.76. The molecule has 0 aromatic carbocycles. The molecule has 0 aliphatic heterocycles. The fourth-order valence-corrected chi connectivity index (χ4v) is 1.82. The minimum absolute atomic E-state index is 0.0282. The van der Waals surface area contributed by atoms with Crippen molar-refractivity contribution in [1.29, 1.82) is 0 Å². The maximum Gasteiger partial charge on any atom is 0.418 e. The summed E-state index contributed by atoms with van der Waals surface area (Å²) in [6.07, 6.45) is -3.76. The predicted octanol–water partition coefficient (Wildman–Crippen LogP) is 3.53. The van der Waals surface area contributed by atoms with E-state index in [4.69, 9.17) is 16.3 Å². The SMILES string of the molecule is COc1cc(C(F)(F)F)cnc1-c1nnc(Cl)cc1C. The first kappa shape index (κ1) is 14.5. The Morgan fingerprint density at radius 1 is 1.15 bits per heavy atom. The highest BCUT2D eigenvalue weighted by Gasteiger charge is 2.32. The fourth-order valence-electron chi connectivity index (χ4n) is 1.62. The molecule has 0 bridgehead atoms. The van der Waals surface area contributed by atoms with Crippen LogP contribution in [0.25, 0.3) is 11.4 Å². The van der Waals surface area contributed by atoms with Gasteiger partial charge in [0.1, 0.15) is 17.1 Å². The van der Waals surface area contributed by atoms with Gasteiger partial charge in [0.05, 0.1) is 12.7 Å². The Morgan fingerprint density at radius 2 is 1.85 bits per heavy atom. The molecule has 0 N–H and O–H groups in total. The van der Waals surface area contributed by atoms with E-state index in [1.807, 2.05) is 0 Å². The number of aromatic nitrogens is 3. The average molecular weight is 304 g/mol. The van der Waals surface area contributed by atoms with Gasteiger partial charge in [-0.05, 0) is 24.6 Å². The number of pyridine rings is 1. The minimum Gasteiger partial charge on any atom is -0.494 e. The molecule has 0 aliphatic rings. The van der Waals surface area contributed by atoms with E-state index in [9.17, 15) is 13.2 Å². The zero-order valence-corrected chi connectivity index (χ0v) is 11.2. The average Bonchev–Trinajstić information content (AvgIpc) is 2.37. The van der Waals surface area contributed by atoms with Gasteiger partial charge in [0.2, 0.25) is 0 Å². The number of rotatable bonds is 2. The number of nitrogens with zero attached hydrogens (tertiary/aromatic N) is 3. The van der Waals surface area contributed by atoms with Crippen molar-refractivity contribution in [1.82, 2.24) is 15.2 Å². The molecule has 2 aromatic heterocycles. The lowest BCUT2D eigenvalue weighted by atomic mass is 10.1. The van der Waals surface area contributed by atoms with Gasteiger partial charge >= 0.3 is 6.18 Å². The van der Waals surface area contributed by atoms with Crippen LogP contribution in [0.3, 0.4) is 0 Å². The van der Waals surface area contributed by atoms with Crippen molar-refractivity contribution in [3.8, 4) is 17.1 Å². The molecule has 20 heavy (non-hydrogen) atoms. The molecule has 0 saturated carbocycles. The second-order valence-corrected chi connectivity index (χ2v) is 4.36. The number of halogens is 4. The number of ether oxygens (including phenoxy) is 1. The van der Waals surface area contributed by atoms with Crippen LogP contribution < -0.4 is 4.74 Å². The molecule has 0 radical (unpaired) electrons. The van der Waals surface area contributed by atoms with E-state index in [1.54, 1.807) is 13.0 Å². The van der Waals surface area contributed by atoms with Crippen molar-refractivity contribution in [2.45, 2.75) is 13.1 Å². The van der Waals surface area contributed by atoms with E-state index >= 15 is 0 Å². The first-order chi connectivity index (χ1) is 9.32. The Balaban J connectivity index is 2.57. The molecule has 0 fully saturated rings. The maximum atomic E-state index is 12.6. The summed E-state index contributed by atoms with van der Waals surface area (Å²) in [5.41, 5.74) is 0.246. The summed E-state index contributed by atoms with van der Waals surface area (Å²) >= 11 is 5.69. The maximum absolute atomic E-state index is 12.6. The Hall–Kier alpha value is -1.89. The van der Waals surface area contributed by atoms with Crippen molar-refractivity contribution in [2.24, 2.45) is 0 Å². The summed E-state index contributed by atoms with van der Waals surface area (Å²) in [6.45, 7) is 1.70. The molecule has 0 aliphatic carbocycles. The summed E-state index contributed by atoms with van der Waals surface area (Å²) < 4.78 is 42.8. The second-order valence-electron chi connectivity index (χ2n) is 3.97. The van der Waals surface area contributed by atoms with Crippen LogP contribution in [0.1, 0.15) is 11.1 Å². The summed E-state index contributed by atoms with van der Waals surface area (Å²) in [4.78, 5) is 3.79. The van der Waals surface area contributed by atoms with Gasteiger partial charge in [-0.25, -0.2) is 4.98 Å². The zero-order chi connectivity index (χ0) is 14.9. The minimum atomic E-state index is -4.49. The van der Waals surface area contributed by atoms with Gasteiger partial charge in [0.15, 0.2) is 5.15 Å². The Bertz CT molecular complexity index is 646. The zero-order valence-electron chi connectivity index (χ0n) is 10.5. The van der Waals surface area contributed by atoms with Crippen LogP contribution in [0.4, 0.5) is 13.2 Å². The van der Waals surface area contributed by atoms with E-state index < -0.39 is 11.7 Å². The Labute approximate surface area is 117 Å². The van der Waals surface area contributed by atoms with E-state index in [0.29, 0.717) is 11.3 Å². The fraction of sp³-hybridized carbons (Fsp3) is 0.250. The van der Waals surface area contributed by atoms with Gasteiger partial charge in [-0.2, -0.15) is 13.2 Å². The topological polar surface area (TPSA) is 47.9 Å². The molecule has 0 amide bonds. The number of hydrogen-bond acceptors (Lipinski definition) is 4. The smallest absolute Gasteiger partial charge is 0.418 e. The highest BCUT2D eigenvalue weighted by atomic mass is 35.5. The quantitative estimate of drug-likeness (QED) is 0.851. The van der Waals surface area contributed by atoms with Gasteiger partial charge in [-0.15, -0.1) is 10.2 Å². The molecule has 8 heteroatoms. The van der Waals surface area contributed by atoms with E-state index in [-0.39, 0.29) is 16.6 Å². The van der Waals surface area contributed by atoms with E-state index in [1.165, 1.54) is 7.11 Å². The standard InChI is InChI=1S/C12H9ClF3N3O/c1-6-3-9(13)18-19-10(6)11-8(20-2)4-7(5-17-11)12(14,15)16/h3-5H,1-2H3. The molecule has 4 nitrogen and oxygen atoms in total. The number of hydrogen-bond donors (Lipinski definition) is 0. The normalized spacial score (nSPS) is 11.5. The third-order valence-electron chi connectivity index (χ3n) is 2.58. The predicted molar refractivity (Wildman–Crippen MR) is 66.6 cm³/mol. The lowest BCUT2D eigenvalue weighted by Gasteiger charge is -2.12. The van der Waals surface area contributed by atoms with Crippen LogP contribution in [0, 0.1) is 6.92 Å². The van der Waals surface area contributed by atoms with E-state index in [0.717, 1.165) is 12.3 Å². The van der Waals surface area contributed by atoms with Crippen molar-refractivity contribution >= 4 is 11.6 Å². The monoisotopic (exact) mass is 303 g/mol. The van der Waals surface area contributed by atoms with Crippen molar-refractivity contribution in [2.75, 3.05) is 7.11 Å². The van der Waals surface area contributed by atoms with Gasteiger partial charge in [0, 0.05) is 6.20 Å². The lowest BCUT2D eigenvalue weighted by Crippen LogP contribution is -2.07. The third kappa shape index (κ3) is 2.82. The highest BCUT2D eigenvalue weighted by Crippen LogP contribution is 2.35. The molecule has 0 unspecified atom stereocenters. The van der Waals surface area contributed by atoms with E-state index in [2.05, 4.69) is 15.2 Å². The first-order valence-electron chi connectivity index (χ1n) is 5.44. The summed E-state index contributed by atoms with van der Waals surface area (Å²) in [6, 6.07) is 2.42. The van der Waals surface area contributed by atoms with Crippen molar-refractivity contribution < 1.29 is 17.9 Å². The van der Waals surface area contributed by atoms with Crippen LogP contribution in [0.5, 0.6) is 5.75 Å². The molecule has 0 atom stereocenters. The van der Waals surface area contributed by atoms with Gasteiger partial charge < -0.3 is 4.74 Å². The van der Waals surface area contributed by atoms with Gasteiger partial charge in [-0.1, -0.05) is 11.6 Å². The molecule has 106 valence electrons. The van der Waals surface area contributed by atoms with Crippen molar-refractivity contribution in [3.63, 3.8) is 0 Å². The van der Waals surface area contributed by atoms with Crippen LogP contribution in [0.15, 0.2) is 18.3 Å². The second kappa shape index (κ2) is 5.24. The van der Waals surface area contributed by atoms with Crippen LogP contribution in [-0.2, 0) is 6.18 Å². The first-order valence-corrected chi connectivity index (χ1v) is 5.82. The highest BCUT2D eigenvalue weighted by molar-refractivity contribution is 6.29. The Morgan fingerprint density at radius 3 is 2.40 bits per heavy atom. The largest absolute Gasteiger partial charge is 0.494 e. The number of aryl methyl sites for hydroxylation is 1. The molecule has 0 saturated heterocycles.